The van der Waals surface area contributed by atoms with Gasteiger partial charge in [-0.3, -0.25) is 4.79 Å². The van der Waals surface area contributed by atoms with E-state index in [-0.39, 0.29) is 23.3 Å². The van der Waals surface area contributed by atoms with Crippen LogP contribution in [0.1, 0.15) is 36.6 Å². The topological polar surface area (TPSA) is 118 Å². The maximum atomic E-state index is 12.4. The summed E-state index contributed by atoms with van der Waals surface area (Å²) >= 11 is 0. The first-order chi connectivity index (χ1) is 12.7. The van der Waals surface area contributed by atoms with Gasteiger partial charge in [0.25, 0.3) is 0 Å². The summed E-state index contributed by atoms with van der Waals surface area (Å²) in [5.41, 5.74) is 6.76. The van der Waals surface area contributed by atoms with Gasteiger partial charge in [-0.15, -0.1) is 0 Å². The second-order valence-corrected chi connectivity index (χ2v) is 8.32. The molecule has 3 amide bonds. The van der Waals surface area contributed by atoms with Gasteiger partial charge in [0.05, 0.1) is 23.4 Å². The first-order valence-electron chi connectivity index (χ1n) is 8.37. The van der Waals surface area contributed by atoms with Gasteiger partial charge in [0.2, 0.25) is 5.91 Å². The summed E-state index contributed by atoms with van der Waals surface area (Å²) in [4.78, 5) is 23.9. The van der Waals surface area contributed by atoms with Crippen molar-refractivity contribution in [1.29, 1.82) is 0 Å². The number of nitrogens with one attached hydrogen (secondary N) is 2. The highest BCUT2D eigenvalue weighted by Crippen LogP contribution is 2.19. The number of nitrogens with two attached hydrogens (primary N) is 1. The molecule has 2 atom stereocenters. The molecule has 2 aromatic rings. The van der Waals surface area contributed by atoms with Crippen LogP contribution in [0.2, 0.25) is 0 Å². The fraction of sp³-hybridized carbons (Fsp3) is 0.263. The summed E-state index contributed by atoms with van der Waals surface area (Å²) in [5.74, 6) is -0.266. The van der Waals surface area contributed by atoms with Crippen molar-refractivity contribution >= 4 is 21.8 Å². The number of hydrogen-bond acceptors (Lipinski definition) is 4. The van der Waals surface area contributed by atoms with Crippen molar-refractivity contribution in [2.75, 3.05) is 6.26 Å². The molecule has 0 aliphatic carbocycles. The molecule has 0 radical (unpaired) electrons. The molecule has 2 aromatic carbocycles. The van der Waals surface area contributed by atoms with E-state index in [1.165, 1.54) is 12.1 Å². The maximum Gasteiger partial charge on any atom is 0.312 e. The minimum Gasteiger partial charge on any atom is -0.352 e. The third-order valence-electron chi connectivity index (χ3n) is 4.09. The Kier molecular flexibility index (Phi) is 6.57. The zero-order valence-electron chi connectivity index (χ0n) is 15.2. The second-order valence-electron chi connectivity index (χ2n) is 6.31. The lowest BCUT2D eigenvalue weighted by Crippen LogP contribution is -2.37. The molecular formula is C19H23N3O4S. The Morgan fingerprint density at radius 3 is 2.07 bits per heavy atom. The first-order valence-corrected chi connectivity index (χ1v) is 10.3. The second kappa shape index (κ2) is 8.68. The van der Waals surface area contributed by atoms with E-state index in [2.05, 4.69) is 10.6 Å². The number of rotatable bonds is 7. The minimum absolute atomic E-state index is 0.0265. The predicted octanol–water partition coefficient (Wildman–Crippen LogP) is 2.07. The average molecular weight is 389 g/mol. The van der Waals surface area contributed by atoms with Gasteiger partial charge < -0.3 is 16.4 Å². The van der Waals surface area contributed by atoms with E-state index in [0.717, 1.165) is 17.4 Å². The Morgan fingerprint density at radius 1 is 0.963 bits per heavy atom. The van der Waals surface area contributed by atoms with Crippen LogP contribution in [0.3, 0.4) is 0 Å². The van der Waals surface area contributed by atoms with Crippen LogP contribution in [-0.2, 0) is 14.6 Å². The number of primary amides is 1. The van der Waals surface area contributed by atoms with Gasteiger partial charge in [-0.2, -0.15) is 0 Å². The van der Waals surface area contributed by atoms with Crippen molar-refractivity contribution in [3.05, 3.63) is 65.7 Å². The van der Waals surface area contributed by atoms with E-state index in [1.54, 1.807) is 31.2 Å². The molecule has 0 aliphatic rings. The summed E-state index contributed by atoms with van der Waals surface area (Å²) in [5, 5.41) is 5.42. The van der Waals surface area contributed by atoms with Crippen molar-refractivity contribution in [1.82, 2.24) is 10.6 Å². The third kappa shape index (κ3) is 6.10. The Balaban J connectivity index is 2.05. The zero-order valence-corrected chi connectivity index (χ0v) is 16.0. The van der Waals surface area contributed by atoms with Gasteiger partial charge in [-0.1, -0.05) is 42.5 Å². The van der Waals surface area contributed by atoms with Crippen molar-refractivity contribution in [3.8, 4) is 0 Å². The average Bonchev–Trinajstić information content (AvgIpc) is 2.61. The van der Waals surface area contributed by atoms with Gasteiger partial charge in [0.1, 0.15) is 0 Å². The highest BCUT2D eigenvalue weighted by molar-refractivity contribution is 7.90. The van der Waals surface area contributed by atoms with E-state index in [9.17, 15) is 18.0 Å². The SMILES string of the molecule is C[C@H](NC(=O)C[C@H](NC(N)=O)c1ccccc1)c1ccc(S(C)(=O)=O)cc1. The van der Waals surface area contributed by atoms with Gasteiger partial charge in [0, 0.05) is 6.26 Å². The molecule has 0 aliphatic heterocycles. The number of sulfone groups is 1. The number of benzene rings is 2. The monoisotopic (exact) mass is 389 g/mol. The van der Waals surface area contributed by atoms with Crippen LogP contribution in [0.5, 0.6) is 0 Å². The molecule has 0 bridgehead atoms. The standard InChI is InChI=1S/C19H23N3O4S/c1-13(14-8-10-16(11-9-14)27(2,25)26)21-18(23)12-17(22-19(20)24)15-6-4-3-5-7-15/h3-11,13,17H,12H2,1-2H3,(H,21,23)(H3,20,22,24)/t13-,17-/m0/s1. The Morgan fingerprint density at radius 2 is 1.56 bits per heavy atom. The molecular weight excluding hydrogens is 366 g/mol. The van der Waals surface area contributed by atoms with E-state index in [4.69, 9.17) is 5.73 Å². The van der Waals surface area contributed by atoms with E-state index < -0.39 is 21.9 Å². The van der Waals surface area contributed by atoms with E-state index >= 15 is 0 Å². The molecule has 144 valence electrons. The van der Waals surface area contributed by atoms with Gasteiger partial charge in [-0.05, 0) is 30.2 Å². The Bertz CT molecular complexity index is 896. The lowest BCUT2D eigenvalue weighted by Gasteiger charge is -2.20. The van der Waals surface area contributed by atoms with Crippen LogP contribution in [-0.4, -0.2) is 26.6 Å². The van der Waals surface area contributed by atoms with Crippen LogP contribution in [0, 0.1) is 0 Å². The van der Waals surface area contributed by atoms with E-state index in [0.29, 0.717) is 0 Å². The zero-order chi connectivity index (χ0) is 20.0. The highest BCUT2D eigenvalue weighted by Gasteiger charge is 2.19. The van der Waals surface area contributed by atoms with Crippen LogP contribution in [0.4, 0.5) is 4.79 Å². The molecule has 27 heavy (non-hydrogen) atoms. The van der Waals surface area contributed by atoms with Gasteiger partial charge in [0.15, 0.2) is 9.84 Å². The summed E-state index contributed by atoms with van der Waals surface area (Å²) < 4.78 is 23.0. The fourth-order valence-electron chi connectivity index (χ4n) is 2.68. The molecule has 0 heterocycles. The Labute approximate surface area is 158 Å². The van der Waals surface area contributed by atoms with Crippen LogP contribution < -0.4 is 16.4 Å². The summed E-state index contributed by atoms with van der Waals surface area (Å²) in [6.07, 6.45) is 1.17. The van der Waals surface area contributed by atoms with Gasteiger partial charge >= 0.3 is 6.03 Å². The van der Waals surface area contributed by atoms with Crippen molar-refractivity contribution in [2.24, 2.45) is 5.73 Å². The molecule has 8 heteroatoms. The van der Waals surface area contributed by atoms with Crippen molar-refractivity contribution in [3.63, 3.8) is 0 Å². The lowest BCUT2D eigenvalue weighted by molar-refractivity contribution is -0.122. The quantitative estimate of drug-likeness (QED) is 0.672. The molecule has 4 N–H and O–H groups in total. The fourth-order valence-corrected chi connectivity index (χ4v) is 3.31. The summed E-state index contributed by atoms with van der Waals surface area (Å²) in [6.45, 7) is 1.80. The van der Waals surface area contributed by atoms with Crippen LogP contribution in [0.25, 0.3) is 0 Å². The molecule has 0 aromatic heterocycles. The molecule has 7 nitrogen and oxygen atoms in total. The molecule has 2 rings (SSSR count). The summed E-state index contributed by atoms with van der Waals surface area (Å²) in [7, 11) is -3.27. The first kappa shape index (κ1) is 20.4. The van der Waals surface area contributed by atoms with Crippen molar-refractivity contribution in [2.45, 2.75) is 30.3 Å². The summed E-state index contributed by atoms with van der Waals surface area (Å²) in [6, 6.07) is 13.9. The highest BCUT2D eigenvalue weighted by atomic mass is 32.2. The number of amides is 3. The van der Waals surface area contributed by atoms with Crippen LogP contribution >= 0.6 is 0 Å². The van der Waals surface area contributed by atoms with E-state index in [1.807, 2.05) is 18.2 Å². The number of urea groups is 1. The molecule has 0 spiro atoms. The van der Waals surface area contributed by atoms with Crippen molar-refractivity contribution < 1.29 is 18.0 Å². The van der Waals surface area contributed by atoms with Gasteiger partial charge in [-0.25, -0.2) is 13.2 Å². The minimum atomic E-state index is -3.27. The predicted molar refractivity (Wildman–Crippen MR) is 103 cm³/mol. The largest absolute Gasteiger partial charge is 0.352 e. The number of carbonyl (C=O) groups excluding carboxylic acids is 2. The normalized spacial score (nSPS) is 13.4. The maximum absolute atomic E-state index is 12.4. The molecule has 0 unspecified atom stereocenters. The number of carbonyl (C=O) groups is 2. The third-order valence-corrected chi connectivity index (χ3v) is 5.22. The number of hydrogen-bond donors (Lipinski definition) is 3. The molecule has 0 saturated heterocycles. The molecule has 0 saturated carbocycles. The Hall–Kier alpha value is -2.87. The molecule has 0 fully saturated rings. The smallest absolute Gasteiger partial charge is 0.312 e. The van der Waals surface area contributed by atoms with Crippen LogP contribution in [0.15, 0.2) is 59.5 Å². The lowest BCUT2D eigenvalue weighted by atomic mass is 10.0.